The van der Waals surface area contributed by atoms with Gasteiger partial charge < -0.3 is 19.8 Å². The van der Waals surface area contributed by atoms with E-state index in [4.69, 9.17) is 14.5 Å². The SMILES string of the molecule is CC(=O)c1ccc(C(=O)NCc2nc(-c3ccc4c(c3)OCO4)c(-c3cccc(C)n3)[nH]2)cc1. The number of carbonyl (C=O) groups excluding carboxylic acids is 2. The number of ketones is 1. The average molecular weight is 454 g/mol. The maximum Gasteiger partial charge on any atom is 0.251 e. The number of nitrogens with one attached hydrogen (secondary N) is 2. The predicted molar refractivity (Wildman–Crippen MR) is 126 cm³/mol. The predicted octanol–water partition coefficient (Wildman–Crippen LogP) is 4.31. The molecular weight excluding hydrogens is 432 g/mol. The van der Waals surface area contributed by atoms with Crippen molar-refractivity contribution in [2.24, 2.45) is 0 Å². The fourth-order valence-electron chi connectivity index (χ4n) is 3.75. The summed E-state index contributed by atoms with van der Waals surface area (Å²) in [6.07, 6.45) is 0. The van der Waals surface area contributed by atoms with Crippen LogP contribution in [0.15, 0.2) is 60.7 Å². The first-order valence-corrected chi connectivity index (χ1v) is 10.8. The van der Waals surface area contributed by atoms with E-state index in [-0.39, 0.29) is 25.0 Å². The summed E-state index contributed by atoms with van der Waals surface area (Å²) in [4.78, 5) is 36.8. The highest BCUT2D eigenvalue weighted by molar-refractivity contribution is 5.97. The molecule has 0 unspecified atom stereocenters. The van der Waals surface area contributed by atoms with Gasteiger partial charge in [0.1, 0.15) is 5.82 Å². The number of benzene rings is 2. The second kappa shape index (κ2) is 8.82. The molecule has 0 spiro atoms. The Bertz CT molecular complexity index is 1390. The molecule has 2 N–H and O–H groups in total. The van der Waals surface area contributed by atoms with Gasteiger partial charge in [0.25, 0.3) is 5.91 Å². The van der Waals surface area contributed by atoms with Gasteiger partial charge in [-0.25, -0.2) is 4.98 Å². The standard InChI is InChI=1S/C26H22N4O4/c1-15-4-3-5-20(28-15)25-24(19-10-11-21-22(12-19)34-14-33-21)29-23(30-25)13-27-26(32)18-8-6-17(7-9-18)16(2)31/h3-12H,13-14H2,1-2H3,(H,27,32)(H,29,30). The Kier molecular flexibility index (Phi) is 5.55. The monoisotopic (exact) mass is 454 g/mol. The normalized spacial score (nSPS) is 11.9. The van der Waals surface area contributed by atoms with Crippen molar-refractivity contribution in [2.75, 3.05) is 6.79 Å². The van der Waals surface area contributed by atoms with Crippen LogP contribution in [0.3, 0.4) is 0 Å². The molecule has 1 amide bonds. The third-order valence-corrected chi connectivity index (χ3v) is 5.51. The van der Waals surface area contributed by atoms with Crippen LogP contribution in [0, 0.1) is 6.92 Å². The number of ether oxygens (including phenoxy) is 2. The summed E-state index contributed by atoms with van der Waals surface area (Å²) < 4.78 is 11.0. The minimum Gasteiger partial charge on any atom is -0.454 e. The fraction of sp³-hybridized carbons (Fsp3) is 0.154. The van der Waals surface area contributed by atoms with Crippen molar-refractivity contribution in [2.45, 2.75) is 20.4 Å². The maximum atomic E-state index is 12.6. The van der Waals surface area contributed by atoms with Crippen molar-refractivity contribution in [1.29, 1.82) is 0 Å². The van der Waals surface area contributed by atoms with Crippen molar-refractivity contribution < 1.29 is 19.1 Å². The molecule has 0 saturated carbocycles. The molecular formula is C26H22N4O4. The largest absolute Gasteiger partial charge is 0.454 e. The maximum absolute atomic E-state index is 12.6. The molecule has 0 radical (unpaired) electrons. The molecule has 170 valence electrons. The highest BCUT2D eigenvalue weighted by Crippen LogP contribution is 2.38. The molecule has 0 atom stereocenters. The Morgan fingerprint density at radius 3 is 2.50 bits per heavy atom. The lowest BCUT2D eigenvalue weighted by Gasteiger charge is -2.04. The van der Waals surface area contributed by atoms with E-state index in [1.165, 1.54) is 6.92 Å². The van der Waals surface area contributed by atoms with Gasteiger partial charge in [0, 0.05) is 22.4 Å². The fourth-order valence-corrected chi connectivity index (χ4v) is 3.75. The second-order valence-corrected chi connectivity index (χ2v) is 7.96. The Labute approximate surface area is 196 Å². The number of rotatable bonds is 6. The molecule has 8 nitrogen and oxygen atoms in total. The van der Waals surface area contributed by atoms with Gasteiger partial charge in [-0.1, -0.05) is 18.2 Å². The van der Waals surface area contributed by atoms with E-state index in [2.05, 4.69) is 15.3 Å². The van der Waals surface area contributed by atoms with Gasteiger partial charge >= 0.3 is 0 Å². The van der Waals surface area contributed by atoms with Crippen LogP contribution in [0.5, 0.6) is 11.5 Å². The second-order valence-electron chi connectivity index (χ2n) is 7.96. The molecule has 0 fully saturated rings. The van der Waals surface area contributed by atoms with Crippen LogP contribution in [0.1, 0.15) is 39.2 Å². The zero-order valence-corrected chi connectivity index (χ0v) is 18.7. The van der Waals surface area contributed by atoms with Crippen LogP contribution in [0.2, 0.25) is 0 Å². The van der Waals surface area contributed by atoms with Crippen molar-refractivity contribution in [3.05, 3.63) is 83.3 Å². The highest BCUT2D eigenvalue weighted by Gasteiger charge is 2.20. The van der Waals surface area contributed by atoms with Crippen molar-refractivity contribution in [3.63, 3.8) is 0 Å². The third kappa shape index (κ3) is 4.25. The number of carbonyl (C=O) groups is 2. The molecule has 4 aromatic rings. The zero-order chi connectivity index (χ0) is 23.7. The molecule has 0 bridgehead atoms. The minimum atomic E-state index is -0.258. The number of H-pyrrole nitrogens is 1. The van der Waals surface area contributed by atoms with Gasteiger partial charge in [-0.2, -0.15) is 0 Å². The van der Waals surface area contributed by atoms with E-state index < -0.39 is 0 Å². The summed E-state index contributed by atoms with van der Waals surface area (Å²) in [6, 6.07) is 18.0. The van der Waals surface area contributed by atoms with Crippen LogP contribution in [-0.2, 0) is 6.54 Å². The van der Waals surface area contributed by atoms with Gasteiger partial charge in [0.05, 0.1) is 23.6 Å². The van der Waals surface area contributed by atoms with Crippen LogP contribution in [0.4, 0.5) is 0 Å². The van der Waals surface area contributed by atoms with E-state index >= 15 is 0 Å². The van der Waals surface area contributed by atoms with Crippen molar-refractivity contribution in [3.8, 4) is 34.1 Å². The molecule has 2 aromatic heterocycles. The number of fused-ring (bicyclic) bond motifs is 1. The number of hydrogen-bond donors (Lipinski definition) is 2. The Morgan fingerprint density at radius 2 is 1.74 bits per heavy atom. The first-order valence-electron chi connectivity index (χ1n) is 10.8. The van der Waals surface area contributed by atoms with Gasteiger partial charge in [0.15, 0.2) is 17.3 Å². The summed E-state index contributed by atoms with van der Waals surface area (Å²) in [5.41, 5.74) is 4.95. The molecule has 8 heteroatoms. The van der Waals surface area contributed by atoms with Crippen LogP contribution in [-0.4, -0.2) is 33.4 Å². The lowest BCUT2D eigenvalue weighted by molar-refractivity contribution is 0.0948. The minimum absolute atomic E-state index is 0.0455. The topological polar surface area (TPSA) is 106 Å². The Morgan fingerprint density at radius 1 is 0.971 bits per heavy atom. The van der Waals surface area contributed by atoms with Crippen molar-refractivity contribution >= 4 is 11.7 Å². The molecule has 34 heavy (non-hydrogen) atoms. The van der Waals surface area contributed by atoms with E-state index in [1.807, 2.05) is 43.3 Å². The molecule has 0 saturated heterocycles. The summed E-state index contributed by atoms with van der Waals surface area (Å²) in [7, 11) is 0. The summed E-state index contributed by atoms with van der Waals surface area (Å²) >= 11 is 0. The first-order chi connectivity index (χ1) is 16.5. The van der Waals surface area contributed by atoms with Crippen LogP contribution < -0.4 is 14.8 Å². The van der Waals surface area contributed by atoms with Gasteiger partial charge in [-0.05, 0) is 56.3 Å². The molecule has 0 aliphatic carbocycles. The Hall–Kier alpha value is -4.46. The van der Waals surface area contributed by atoms with Gasteiger partial charge in [-0.3, -0.25) is 14.6 Å². The zero-order valence-electron chi connectivity index (χ0n) is 18.7. The third-order valence-electron chi connectivity index (χ3n) is 5.51. The average Bonchev–Trinajstić information content (AvgIpc) is 3.49. The molecule has 1 aliphatic rings. The number of Topliss-reactive ketones (excluding diaryl/α,β-unsaturated/α-hetero) is 1. The number of imidazole rings is 1. The number of aryl methyl sites for hydroxylation is 1. The number of hydrogen-bond acceptors (Lipinski definition) is 6. The van der Waals surface area contributed by atoms with E-state index in [0.717, 1.165) is 22.6 Å². The quantitative estimate of drug-likeness (QED) is 0.421. The molecule has 5 rings (SSSR count). The summed E-state index contributed by atoms with van der Waals surface area (Å²) in [5, 5.41) is 2.88. The van der Waals surface area contributed by atoms with Crippen molar-refractivity contribution in [1.82, 2.24) is 20.3 Å². The van der Waals surface area contributed by atoms with Crippen LogP contribution in [0.25, 0.3) is 22.6 Å². The lowest BCUT2D eigenvalue weighted by Crippen LogP contribution is -2.23. The number of amides is 1. The highest BCUT2D eigenvalue weighted by atomic mass is 16.7. The Balaban J connectivity index is 1.43. The van der Waals surface area contributed by atoms with Crippen LogP contribution >= 0.6 is 0 Å². The number of aromatic amines is 1. The summed E-state index contributed by atoms with van der Waals surface area (Å²) in [6.45, 7) is 3.80. The van der Waals surface area contributed by atoms with E-state index in [0.29, 0.717) is 34.1 Å². The lowest BCUT2D eigenvalue weighted by atomic mass is 10.1. The first kappa shape index (κ1) is 21.4. The molecule has 3 heterocycles. The van der Waals surface area contributed by atoms with E-state index in [9.17, 15) is 9.59 Å². The number of pyridine rings is 1. The summed E-state index contributed by atoms with van der Waals surface area (Å²) in [5.74, 6) is 1.63. The van der Waals surface area contributed by atoms with Gasteiger partial charge in [0.2, 0.25) is 6.79 Å². The number of aromatic nitrogens is 3. The number of nitrogens with zero attached hydrogens (tertiary/aromatic N) is 2. The van der Waals surface area contributed by atoms with E-state index in [1.54, 1.807) is 24.3 Å². The molecule has 2 aromatic carbocycles. The molecule has 1 aliphatic heterocycles. The smallest absolute Gasteiger partial charge is 0.251 e. The van der Waals surface area contributed by atoms with Gasteiger partial charge in [-0.15, -0.1) is 0 Å².